The molecule has 128 valence electrons. The molecule has 2 aromatic rings. The lowest BCUT2D eigenvalue weighted by atomic mass is 10.1. The maximum Gasteiger partial charge on any atom is 0.326 e. The number of aromatic amines is 2. The summed E-state index contributed by atoms with van der Waals surface area (Å²) in [6, 6.07) is 4.80. The molecule has 1 aromatic heterocycles. The fraction of sp³-hybridized carbons (Fsp3) is 0.467. The van der Waals surface area contributed by atoms with E-state index in [0.29, 0.717) is 24.6 Å². The van der Waals surface area contributed by atoms with Crippen LogP contribution in [0.3, 0.4) is 0 Å². The minimum absolute atomic E-state index is 0.0744. The third kappa shape index (κ3) is 2.58. The van der Waals surface area contributed by atoms with Crippen LogP contribution in [-0.4, -0.2) is 47.9 Å². The largest absolute Gasteiger partial charge is 0.326 e. The standard InChI is InChI=1S/C15H18N4O4S/c20-14-12-7-11(3-4-13(12)17-15(21)18-14)24(22,23)19-6-5-9-1-2-10(8-19)16-9/h3-4,7,9-10,16H,1-2,5-6,8H2,(H2,17,18,20,21). The van der Waals surface area contributed by atoms with Crippen molar-refractivity contribution in [3.8, 4) is 0 Å². The molecule has 9 heteroatoms. The molecule has 0 radical (unpaired) electrons. The minimum Gasteiger partial charge on any atom is -0.310 e. The first-order valence-corrected chi connectivity index (χ1v) is 9.40. The molecule has 0 amide bonds. The second-order valence-corrected chi connectivity index (χ2v) is 8.34. The van der Waals surface area contributed by atoms with Gasteiger partial charge < -0.3 is 10.3 Å². The fourth-order valence-corrected chi connectivity index (χ4v) is 5.11. The third-order valence-corrected chi connectivity index (χ3v) is 6.70. The molecule has 4 rings (SSSR count). The van der Waals surface area contributed by atoms with Crippen LogP contribution in [0.25, 0.3) is 10.9 Å². The van der Waals surface area contributed by atoms with E-state index in [1.807, 2.05) is 0 Å². The Balaban J connectivity index is 1.75. The molecule has 2 atom stereocenters. The number of aromatic nitrogens is 2. The van der Waals surface area contributed by atoms with Gasteiger partial charge in [0.05, 0.1) is 15.8 Å². The molecule has 0 saturated carbocycles. The zero-order valence-electron chi connectivity index (χ0n) is 12.9. The molecule has 8 nitrogen and oxygen atoms in total. The molecule has 0 aliphatic carbocycles. The first kappa shape index (κ1) is 15.6. The van der Waals surface area contributed by atoms with E-state index >= 15 is 0 Å². The molecule has 3 heterocycles. The third-order valence-electron chi connectivity index (χ3n) is 4.83. The monoisotopic (exact) mass is 350 g/mol. The first-order valence-electron chi connectivity index (χ1n) is 7.96. The molecule has 24 heavy (non-hydrogen) atoms. The second kappa shape index (κ2) is 5.54. The van der Waals surface area contributed by atoms with Crippen LogP contribution in [0.5, 0.6) is 0 Å². The molecule has 2 aliphatic rings. The van der Waals surface area contributed by atoms with Crippen LogP contribution in [0.15, 0.2) is 32.7 Å². The fourth-order valence-electron chi connectivity index (χ4n) is 3.58. The Hall–Kier alpha value is -1.97. The Labute approximate surface area is 137 Å². The molecule has 2 saturated heterocycles. The molecular formula is C15H18N4O4S. The van der Waals surface area contributed by atoms with Gasteiger partial charge in [-0.05, 0) is 37.5 Å². The highest BCUT2D eigenvalue weighted by Gasteiger charge is 2.35. The number of benzene rings is 1. The van der Waals surface area contributed by atoms with Gasteiger partial charge in [0.15, 0.2) is 0 Å². The lowest BCUT2D eigenvalue weighted by molar-refractivity contribution is 0.383. The molecule has 3 N–H and O–H groups in total. The summed E-state index contributed by atoms with van der Waals surface area (Å²) in [5.41, 5.74) is -0.889. The number of H-pyrrole nitrogens is 2. The highest BCUT2D eigenvalue weighted by molar-refractivity contribution is 7.89. The summed E-state index contributed by atoms with van der Waals surface area (Å²) in [5, 5.41) is 3.61. The quantitative estimate of drug-likeness (QED) is 0.690. The van der Waals surface area contributed by atoms with Gasteiger partial charge in [-0.2, -0.15) is 4.31 Å². The summed E-state index contributed by atoms with van der Waals surface area (Å²) < 4.78 is 27.4. The predicted octanol–water partition coefficient (Wildman–Crippen LogP) is -0.269. The first-order chi connectivity index (χ1) is 11.4. The van der Waals surface area contributed by atoms with Gasteiger partial charge in [-0.1, -0.05) is 0 Å². The van der Waals surface area contributed by atoms with Crippen LogP contribution in [0, 0.1) is 0 Å². The highest BCUT2D eigenvalue weighted by atomic mass is 32.2. The summed E-state index contributed by atoms with van der Waals surface area (Å²) in [7, 11) is -3.68. The van der Waals surface area contributed by atoms with Crippen molar-refractivity contribution in [2.75, 3.05) is 13.1 Å². The van der Waals surface area contributed by atoms with Gasteiger partial charge in [-0.3, -0.25) is 9.78 Å². The van der Waals surface area contributed by atoms with Crippen LogP contribution < -0.4 is 16.6 Å². The van der Waals surface area contributed by atoms with E-state index in [9.17, 15) is 18.0 Å². The van der Waals surface area contributed by atoms with Crippen LogP contribution >= 0.6 is 0 Å². The van der Waals surface area contributed by atoms with Crippen molar-refractivity contribution >= 4 is 20.9 Å². The van der Waals surface area contributed by atoms with Crippen molar-refractivity contribution in [1.82, 2.24) is 19.6 Å². The van der Waals surface area contributed by atoms with Crippen LogP contribution in [0.2, 0.25) is 0 Å². The Morgan fingerprint density at radius 3 is 2.67 bits per heavy atom. The number of rotatable bonds is 2. The van der Waals surface area contributed by atoms with Crippen molar-refractivity contribution in [3.63, 3.8) is 0 Å². The van der Waals surface area contributed by atoms with Crippen molar-refractivity contribution < 1.29 is 8.42 Å². The number of nitrogens with one attached hydrogen (secondary N) is 3. The molecule has 2 bridgehead atoms. The predicted molar refractivity (Wildman–Crippen MR) is 88.5 cm³/mol. The smallest absolute Gasteiger partial charge is 0.310 e. The second-order valence-electron chi connectivity index (χ2n) is 6.41. The van der Waals surface area contributed by atoms with E-state index in [4.69, 9.17) is 0 Å². The molecular weight excluding hydrogens is 332 g/mol. The zero-order valence-corrected chi connectivity index (χ0v) is 13.7. The van der Waals surface area contributed by atoms with Crippen LogP contribution in [-0.2, 0) is 10.0 Å². The van der Waals surface area contributed by atoms with Crippen LogP contribution in [0.1, 0.15) is 19.3 Å². The minimum atomic E-state index is -3.68. The molecule has 1 aromatic carbocycles. The van der Waals surface area contributed by atoms with Crippen LogP contribution in [0.4, 0.5) is 0 Å². The van der Waals surface area contributed by atoms with Gasteiger partial charge in [0.1, 0.15) is 0 Å². The molecule has 2 aliphatic heterocycles. The number of hydrogen-bond acceptors (Lipinski definition) is 5. The summed E-state index contributed by atoms with van der Waals surface area (Å²) in [6.45, 7) is 0.912. The van der Waals surface area contributed by atoms with E-state index in [1.54, 1.807) is 0 Å². The number of nitrogens with zero attached hydrogens (tertiary/aromatic N) is 1. The summed E-state index contributed by atoms with van der Waals surface area (Å²) in [4.78, 5) is 27.9. The maximum absolute atomic E-state index is 13.0. The lowest BCUT2D eigenvalue weighted by Gasteiger charge is -2.23. The average Bonchev–Trinajstić information content (AvgIpc) is 2.85. The summed E-state index contributed by atoms with van der Waals surface area (Å²) >= 11 is 0. The topological polar surface area (TPSA) is 115 Å². The number of sulfonamides is 1. The Morgan fingerprint density at radius 1 is 1.04 bits per heavy atom. The van der Waals surface area contributed by atoms with Crippen molar-refractivity contribution in [1.29, 1.82) is 0 Å². The molecule has 2 unspecified atom stereocenters. The SMILES string of the molecule is O=c1[nH]c(=O)c2cc(S(=O)(=O)N3CCC4CCC(C3)N4)ccc2[nH]1. The van der Waals surface area contributed by atoms with Gasteiger partial charge in [-0.25, -0.2) is 13.2 Å². The highest BCUT2D eigenvalue weighted by Crippen LogP contribution is 2.25. The van der Waals surface area contributed by atoms with Crippen molar-refractivity contribution in [2.45, 2.75) is 36.2 Å². The average molecular weight is 350 g/mol. The van der Waals surface area contributed by atoms with E-state index in [1.165, 1.54) is 22.5 Å². The van der Waals surface area contributed by atoms with E-state index in [2.05, 4.69) is 15.3 Å². The molecule has 2 fully saturated rings. The van der Waals surface area contributed by atoms with E-state index in [0.717, 1.165) is 19.3 Å². The van der Waals surface area contributed by atoms with Gasteiger partial charge >= 0.3 is 5.69 Å². The Morgan fingerprint density at radius 2 is 1.83 bits per heavy atom. The summed E-state index contributed by atoms with van der Waals surface area (Å²) in [5.74, 6) is 0. The van der Waals surface area contributed by atoms with Crippen molar-refractivity contribution in [2.24, 2.45) is 0 Å². The Kier molecular flexibility index (Phi) is 3.59. The normalized spacial score (nSPS) is 25.0. The number of fused-ring (bicyclic) bond motifs is 3. The maximum atomic E-state index is 13.0. The van der Waals surface area contributed by atoms with Gasteiger partial charge in [0.25, 0.3) is 5.56 Å². The number of hydrogen-bond donors (Lipinski definition) is 3. The Bertz CT molecular complexity index is 1010. The lowest BCUT2D eigenvalue weighted by Crippen LogP contribution is -2.39. The summed E-state index contributed by atoms with van der Waals surface area (Å²) in [6.07, 6.45) is 2.86. The van der Waals surface area contributed by atoms with E-state index < -0.39 is 21.3 Å². The van der Waals surface area contributed by atoms with Gasteiger partial charge in [0.2, 0.25) is 10.0 Å². The van der Waals surface area contributed by atoms with Gasteiger partial charge in [0, 0.05) is 25.2 Å². The van der Waals surface area contributed by atoms with Crippen molar-refractivity contribution in [3.05, 3.63) is 39.0 Å². The zero-order chi connectivity index (χ0) is 16.9. The van der Waals surface area contributed by atoms with E-state index in [-0.39, 0.29) is 16.3 Å². The van der Waals surface area contributed by atoms with Gasteiger partial charge in [-0.15, -0.1) is 0 Å². The molecule has 0 spiro atoms.